The fraction of sp³-hybridized carbons (Fsp3) is 0.700. The molecule has 1 rings (SSSR count). The number of anilines is 1. The largest absolute Gasteiger partial charge is 0.401 e. The van der Waals surface area contributed by atoms with E-state index < -0.39 is 12.7 Å². The van der Waals surface area contributed by atoms with Crippen molar-refractivity contribution in [1.82, 2.24) is 14.7 Å². The van der Waals surface area contributed by atoms with Gasteiger partial charge in [-0.15, -0.1) is 0 Å². The first-order valence-electron chi connectivity index (χ1n) is 5.49. The summed E-state index contributed by atoms with van der Waals surface area (Å²) in [6.07, 6.45) is -1.80. The molecule has 0 saturated carbocycles. The van der Waals surface area contributed by atoms with Crippen LogP contribution in [0.5, 0.6) is 0 Å². The maximum atomic E-state index is 12.2. The molecule has 1 heterocycles. The molecule has 0 aliphatic rings. The molecule has 0 unspecified atom stereocenters. The van der Waals surface area contributed by atoms with E-state index in [1.807, 2.05) is 0 Å². The van der Waals surface area contributed by atoms with Crippen molar-refractivity contribution in [3.05, 3.63) is 12.3 Å². The number of hydrogen-bond acceptors (Lipinski definition) is 3. The molecule has 4 nitrogen and oxygen atoms in total. The highest BCUT2D eigenvalue weighted by Gasteiger charge is 2.29. The van der Waals surface area contributed by atoms with E-state index >= 15 is 0 Å². The number of rotatable bonds is 6. The third-order valence-electron chi connectivity index (χ3n) is 2.37. The smallest absolute Gasteiger partial charge is 0.382 e. The molecule has 1 aromatic heterocycles. The molecule has 0 aliphatic carbocycles. The van der Waals surface area contributed by atoms with Gasteiger partial charge in [-0.2, -0.15) is 18.3 Å². The first-order chi connectivity index (χ1) is 7.90. The lowest BCUT2D eigenvalue weighted by Crippen LogP contribution is -2.35. The molecule has 0 atom stereocenters. The summed E-state index contributed by atoms with van der Waals surface area (Å²) in [5.41, 5.74) is 5.43. The zero-order valence-electron chi connectivity index (χ0n) is 9.74. The Labute approximate surface area is 98.2 Å². The van der Waals surface area contributed by atoms with E-state index in [2.05, 4.69) is 5.10 Å². The van der Waals surface area contributed by atoms with Crippen LogP contribution in [0.1, 0.15) is 13.3 Å². The Kier molecular flexibility index (Phi) is 4.80. The number of aromatic nitrogens is 2. The summed E-state index contributed by atoms with van der Waals surface area (Å²) < 4.78 is 38.1. The van der Waals surface area contributed by atoms with Crippen LogP contribution in [0.15, 0.2) is 12.3 Å². The number of nitrogen functional groups attached to an aromatic ring is 1. The van der Waals surface area contributed by atoms with E-state index in [4.69, 9.17) is 5.73 Å². The van der Waals surface area contributed by atoms with E-state index in [0.29, 0.717) is 31.9 Å². The van der Waals surface area contributed by atoms with Gasteiger partial charge in [0.2, 0.25) is 0 Å². The van der Waals surface area contributed by atoms with Crippen molar-refractivity contribution in [2.24, 2.45) is 0 Å². The molecule has 0 aromatic carbocycles. The van der Waals surface area contributed by atoms with Gasteiger partial charge in [-0.05, 0) is 19.0 Å². The van der Waals surface area contributed by atoms with Gasteiger partial charge >= 0.3 is 6.18 Å². The lowest BCUT2D eigenvalue weighted by Gasteiger charge is -2.21. The lowest BCUT2D eigenvalue weighted by atomic mass is 10.3. The van der Waals surface area contributed by atoms with Crippen LogP contribution >= 0.6 is 0 Å². The average molecular weight is 250 g/mol. The van der Waals surface area contributed by atoms with Crippen LogP contribution in [0.3, 0.4) is 0 Å². The van der Waals surface area contributed by atoms with E-state index in [-0.39, 0.29) is 0 Å². The van der Waals surface area contributed by atoms with E-state index in [1.54, 1.807) is 23.9 Å². The summed E-state index contributed by atoms with van der Waals surface area (Å²) in [6, 6.07) is 1.66. The van der Waals surface area contributed by atoms with Crippen LogP contribution in [0, 0.1) is 0 Å². The van der Waals surface area contributed by atoms with Crippen molar-refractivity contribution in [2.45, 2.75) is 26.1 Å². The standard InChI is InChI=1S/C10H17F3N4/c1-2-16(8-10(11,12)13)5-3-6-17-7-4-9(14)15-17/h4,7H,2-3,5-6,8H2,1H3,(H2,14,15). The van der Waals surface area contributed by atoms with Gasteiger partial charge in [0.1, 0.15) is 5.82 Å². The molecule has 1 aromatic rings. The maximum absolute atomic E-state index is 12.2. The molecular weight excluding hydrogens is 233 g/mol. The normalized spacial score (nSPS) is 12.3. The number of halogens is 3. The highest BCUT2D eigenvalue weighted by molar-refractivity contribution is 5.23. The van der Waals surface area contributed by atoms with Crippen LogP contribution in [-0.2, 0) is 6.54 Å². The maximum Gasteiger partial charge on any atom is 0.401 e. The molecule has 7 heteroatoms. The fourth-order valence-corrected chi connectivity index (χ4v) is 1.56. The van der Waals surface area contributed by atoms with Gasteiger partial charge in [-0.25, -0.2) is 0 Å². The van der Waals surface area contributed by atoms with Crippen LogP contribution in [0.4, 0.5) is 19.0 Å². The highest BCUT2D eigenvalue weighted by Crippen LogP contribution is 2.16. The van der Waals surface area contributed by atoms with Crippen molar-refractivity contribution in [3.63, 3.8) is 0 Å². The number of aryl methyl sites for hydroxylation is 1. The van der Waals surface area contributed by atoms with E-state index in [9.17, 15) is 13.2 Å². The summed E-state index contributed by atoms with van der Waals surface area (Å²) in [5, 5.41) is 3.96. The molecule has 98 valence electrons. The second-order valence-electron chi connectivity index (χ2n) is 3.84. The fourth-order valence-electron chi connectivity index (χ4n) is 1.56. The minimum Gasteiger partial charge on any atom is -0.382 e. The average Bonchev–Trinajstić information content (AvgIpc) is 2.61. The Balaban J connectivity index is 2.28. The molecule has 2 N–H and O–H groups in total. The van der Waals surface area contributed by atoms with Gasteiger partial charge in [-0.1, -0.05) is 6.92 Å². The Morgan fingerprint density at radius 1 is 1.47 bits per heavy atom. The van der Waals surface area contributed by atoms with Gasteiger partial charge in [0, 0.05) is 19.3 Å². The zero-order valence-corrected chi connectivity index (χ0v) is 9.74. The molecular formula is C10H17F3N4. The number of hydrogen-bond donors (Lipinski definition) is 1. The van der Waals surface area contributed by atoms with Crippen molar-refractivity contribution >= 4 is 5.82 Å². The minimum absolute atomic E-state index is 0.390. The molecule has 0 aliphatic heterocycles. The first-order valence-corrected chi connectivity index (χ1v) is 5.49. The summed E-state index contributed by atoms with van der Waals surface area (Å²) in [7, 11) is 0. The quantitative estimate of drug-likeness (QED) is 0.836. The molecule has 0 saturated heterocycles. The van der Waals surface area contributed by atoms with E-state index in [1.165, 1.54) is 4.90 Å². The predicted molar refractivity (Wildman–Crippen MR) is 59.4 cm³/mol. The van der Waals surface area contributed by atoms with Crippen molar-refractivity contribution < 1.29 is 13.2 Å². The number of nitrogens with zero attached hydrogens (tertiary/aromatic N) is 3. The lowest BCUT2D eigenvalue weighted by molar-refractivity contribution is -0.145. The monoisotopic (exact) mass is 250 g/mol. The second kappa shape index (κ2) is 5.90. The van der Waals surface area contributed by atoms with Crippen LogP contribution in [0.25, 0.3) is 0 Å². The third kappa shape index (κ3) is 5.58. The molecule has 17 heavy (non-hydrogen) atoms. The van der Waals surface area contributed by atoms with Gasteiger partial charge < -0.3 is 5.73 Å². The Hall–Kier alpha value is -1.24. The van der Waals surface area contributed by atoms with E-state index in [0.717, 1.165) is 0 Å². The van der Waals surface area contributed by atoms with Crippen molar-refractivity contribution in [3.8, 4) is 0 Å². The Morgan fingerprint density at radius 2 is 2.18 bits per heavy atom. The molecule has 0 fully saturated rings. The second-order valence-corrected chi connectivity index (χ2v) is 3.84. The van der Waals surface area contributed by atoms with Crippen LogP contribution in [-0.4, -0.2) is 40.5 Å². The summed E-state index contributed by atoms with van der Waals surface area (Å²) in [6.45, 7) is 2.23. The molecule has 0 spiro atoms. The summed E-state index contributed by atoms with van der Waals surface area (Å²) in [4.78, 5) is 1.37. The summed E-state index contributed by atoms with van der Waals surface area (Å²) in [5.74, 6) is 0.424. The van der Waals surface area contributed by atoms with Gasteiger partial charge in [-0.3, -0.25) is 9.58 Å². The van der Waals surface area contributed by atoms with Crippen LogP contribution in [0.2, 0.25) is 0 Å². The van der Waals surface area contributed by atoms with Crippen LogP contribution < -0.4 is 5.73 Å². The van der Waals surface area contributed by atoms with Crippen molar-refractivity contribution in [2.75, 3.05) is 25.4 Å². The minimum atomic E-state index is -4.13. The Morgan fingerprint density at radius 3 is 2.65 bits per heavy atom. The third-order valence-corrected chi connectivity index (χ3v) is 2.37. The number of nitrogens with two attached hydrogens (primary N) is 1. The molecule has 0 radical (unpaired) electrons. The molecule has 0 amide bonds. The molecule has 0 bridgehead atoms. The van der Waals surface area contributed by atoms with Gasteiger partial charge in [0.25, 0.3) is 0 Å². The highest BCUT2D eigenvalue weighted by atomic mass is 19.4. The zero-order chi connectivity index (χ0) is 12.9. The number of alkyl halides is 3. The van der Waals surface area contributed by atoms with Gasteiger partial charge in [0.05, 0.1) is 6.54 Å². The van der Waals surface area contributed by atoms with Gasteiger partial charge in [0.15, 0.2) is 0 Å². The van der Waals surface area contributed by atoms with Crippen molar-refractivity contribution in [1.29, 1.82) is 0 Å². The first kappa shape index (κ1) is 13.8. The Bertz CT molecular complexity index is 335. The predicted octanol–water partition coefficient (Wildman–Crippen LogP) is 1.74. The SMILES string of the molecule is CCN(CCCn1ccc(N)n1)CC(F)(F)F. The topological polar surface area (TPSA) is 47.1 Å². The summed E-state index contributed by atoms with van der Waals surface area (Å²) >= 11 is 0.